The van der Waals surface area contributed by atoms with E-state index in [-0.39, 0.29) is 0 Å². The van der Waals surface area contributed by atoms with Crippen molar-refractivity contribution in [1.29, 1.82) is 0 Å². The fourth-order valence-corrected chi connectivity index (χ4v) is 1.69. The molecule has 1 aromatic rings. The first-order chi connectivity index (χ1) is 6.84. The van der Waals surface area contributed by atoms with Gasteiger partial charge in [-0.25, -0.2) is 0 Å². The normalized spacial score (nSPS) is 16.9. The third-order valence-electron chi connectivity index (χ3n) is 2.51. The number of hydrogen-bond donors (Lipinski definition) is 0. The second-order valence-corrected chi connectivity index (χ2v) is 3.63. The Bertz CT molecular complexity index is 342. The third kappa shape index (κ3) is 2.28. The predicted molar refractivity (Wildman–Crippen MR) is 55.7 cm³/mol. The molecule has 1 fully saturated rings. The number of ketones is 1. The van der Waals surface area contributed by atoms with Crippen LogP contribution in [0.1, 0.15) is 31.2 Å². The molecular formula is C12H13NO. The molecule has 1 heterocycles. The van der Waals surface area contributed by atoms with Crippen LogP contribution in [0, 0.1) is 0 Å². The summed E-state index contributed by atoms with van der Waals surface area (Å²) in [6.45, 7) is 0. The van der Waals surface area contributed by atoms with Crippen LogP contribution in [0.25, 0.3) is 6.08 Å². The molecule has 0 saturated heterocycles. The molecule has 1 aliphatic carbocycles. The molecule has 2 nitrogen and oxygen atoms in total. The molecule has 1 aliphatic rings. The SMILES string of the molecule is O=C1CCC(=Cc2cccnc2)CC1. The van der Waals surface area contributed by atoms with Crippen molar-refractivity contribution in [2.75, 3.05) is 0 Å². The van der Waals surface area contributed by atoms with Crippen molar-refractivity contribution < 1.29 is 4.79 Å². The average molecular weight is 187 g/mol. The molecule has 0 atom stereocenters. The van der Waals surface area contributed by atoms with Crippen LogP contribution < -0.4 is 0 Å². The minimum Gasteiger partial charge on any atom is -0.300 e. The Hall–Kier alpha value is -1.44. The quantitative estimate of drug-likeness (QED) is 0.676. The van der Waals surface area contributed by atoms with Gasteiger partial charge in [0.1, 0.15) is 5.78 Å². The van der Waals surface area contributed by atoms with E-state index in [4.69, 9.17) is 0 Å². The fourth-order valence-electron chi connectivity index (χ4n) is 1.69. The lowest BCUT2D eigenvalue weighted by Crippen LogP contribution is -2.05. The van der Waals surface area contributed by atoms with Gasteiger partial charge in [-0.3, -0.25) is 9.78 Å². The second-order valence-electron chi connectivity index (χ2n) is 3.63. The van der Waals surface area contributed by atoms with Gasteiger partial charge < -0.3 is 0 Å². The summed E-state index contributed by atoms with van der Waals surface area (Å²) in [6.07, 6.45) is 9.05. The molecule has 0 bridgehead atoms. The van der Waals surface area contributed by atoms with E-state index in [1.54, 1.807) is 6.20 Å². The molecule has 1 saturated carbocycles. The summed E-state index contributed by atoms with van der Waals surface area (Å²) < 4.78 is 0. The number of rotatable bonds is 1. The summed E-state index contributed by atoms with van der Waals surface area (Å²) in [5, 5.41) is 0. The standard InChI is InChI=1S/C12H13NO/c14-12-5-3-10(4-6-12)8-11-2-1-7-13-9-11/h1-2,7-9H,3-6H2. The molecule has 0 aromatic carbocycles. The topological polar surface area (TPSA) is 30.0 Å². The third-order valence-corrected chi connectivity index (χ3v) is 2.51. The zero-order valence-corrected chi connectivity index (χ0v) is 8.07. The van der Waals surface area contributed by atoms with Crippen LogP contribution >= 0.6 is 0 Å². The molecule has 0 N–H and O–H groups in total. The van der Waals surface area contributed by atoms with Crippen LogP contribution in [-0.4, -0.2) is 10.8 Å². The highest BCUT2D eigenvalue weighted by Gasteiger charge is 2.11. The van der Waals surface area contributed by atoms with E-state index >= 15 is 0 Å². The van der Waals surface area contributed by atoms with Gasteiger partial charge in [-0.15, -0.1) is 0 Å². The van der Waals surface area contributed by atoms with Gasteiger partial charge in [0.25, 0.3) is 0 Å². The van der Waals surface area contributed by atoms with Crippen molar-refractivity contribution in [2.24, 2.45) is 0 Å². The Kier molecular flexibility index (Phi) is 2.73. The second kappa shape index (κ2) is 4.18. The Morgan fingerprint density at radius 2 is 2.00 bits per heavy atom. The average Bonchev–Trinajstić information content (AvgIpc) is 2.23. The van der Waals surface area contributed by atoms with E-state index < -0.39 is 0 Å². The van der Waals surface area contributed by atoms with Gasteiger partial charge >= 0.3 is 0 Å². The van der Waals surface area contributed by atoms with Crippen LogP contribution in [0.5, 0.6) is 0 Å². The molecule has 72 valence electrons. The number of aromatic nitrogens is 1. The maximum Gasteiger partial charge on any atom is 0.133 e. The summed E-state index contributed by atoms with van der Waals surface area (Å²) >= 11 is 0. The molecule has 0 spiro atoms. The first kappa shape index (κ1) is 9.13. The van der Waals surface area contributed by atoms with E-state index in [9.17, 15) is 4.79 Å². The lowest BCUT2D eigenvalue weighted by molar-refractivity contribution is -0.119. The Labute approximate surface area is 83.7 Å². The zero-order valence-electron chi connectivity index (χ0n) is 8.07. The summed E-state index contributed by atoms with van der Waals surface area (Å²) in [6, 6.07) is 3.97. The van der Waals surface area contributed by atoms with Crippen molar-refractivity contribution in [3.8, 4) is 0 Å². The highest BCUT2D eigenvalue weighted by molar-refractivity contribution is 5.80. The largest absolute Gasteiger partial charge is 0.300 e. The van der Waals surface area contributed by atoms with E-state index in [1.807, 2.05) is 18.3 Å². The molecule has 14 heavy (non-hydrogen) atoms. The number of carbonyl (C=O) groups excluding carboxylic acids is 1. The van der Waals surface area contributed by atoms with Crippen LogP contribution in [0.4, 0.5) is 0 Å². The van der Waals surface area contributed by atoms with Crippen molar-refractivity contribution in [2.45, 2.75) is 25.7 Å². The van der Waals surface area contributed by atoms with Crippen molar-refractivity contribution in [3.63, 3.8) is 0 Å². The molecule has 2 heteroatoms. The van der Waals surface area contributed by atoms with Crippen LogP contribution in [0.2, 0.25) is 0 Å². The van der Waals surface area contributed by atoms with Crippen LogP contribution in [0.3, 0.4) is 0 Å². The van der Waals surface area contributed by atoms with Gasteiger partial charge in [0, 0.05) is 25.2 Å². The highest BCUT2D eigenvalue weighted by Crippen LogP contribution is 2.22. The highest BCUT2D eigenvalue weighted by atomic mass is 16.1. The molecule has 0 amide bonds. The van der Waals surface area contributed by atoms with Crippen molar-refractivity contribution in [3.05, 3.63) is 35.7 Å². The number of hydrogen-bond acceptors (Lipinski definition) is 2. The summed E-state index contributed by atoms with van der Waals surface area (Å²) in [7, 11) is 0. The summed E-state index contributed by atoms with van der Waals surface area (Å²) in [5.41, 5.74) is 2.51. The van der Waals surface area contributed by atoms with E-state index in [1.165, 1.54) is 5.57 Å². The minimum atomic E-state index is 0.397. The Balaban J connectivity index is 2.08. The summed E-state index contributed by atoms with van der Waals surface area (Å²) in [5.74, 6) is 0.397. The van der Waals surface area contributed by atoms with Gasteiger partial charge in [0.05, 0.1) is 0 Å². The maximum atomic E-state index is 11.0. The van der Waals surface area contributed by atoms with Gasteiger partial charge in [0.2, 0.25) is 0 Å². The lowest BCUT2D eigenvalue weighted by Gasteiger charge is -2.12. The molecule has 0 unspecified atom stereocenters. The van der Waals surface area contributed by atoms with E-state index in [0.717, 1.165) is 18.4 Å². The number of allylic oxidation sites excluding steroid dienone is 1. The lowest BCUT2D eigenvalue weighted by atomic mass is 9.93. The van der Waals surface area contributed by atoms with Crippen LogP contribution in [0.15, 0.2) is 30.1 Å². The molecule has 2 rings (SSSR count). The zero-order chi connectivity index (χ0) is 9.80. The Morgan fingerprint density at radius 1 is 1.21 bits per heavy atom. The van der Waals surface area contributed by atoms with E-state index in [0.29, 0.717) is 18.6 Å². The van der Waals surface area contributed by atoms with Gasteiger partial charge in [-0.05, 0) is 24.5 Å². The first-order valence-electron chi connectivity index (χ1n) is 4.96. The molecule has 1 aromatic heterocycles. The molecule has 0 aliphatic heterocycles. The van der Waals surface area contributed by atoms with Gasteiger partial charge in [-0.1, -0.05) is 17.7 Å². The predicted octanol–water partition coefficient (Wildman–Crippen LogP) is 2.61. The molecule has 0 radical (unpaired) electrons. The van der Waals surface area contributed by atoms with Gasteiger partial charge in [-0.2, -0.15) is 0 Å². The number of pyridine rings is 1. The van der Waals surface area contributed by atoms with Crippen molar-refractivity contribution >= 4 is 11.9 Å². The smallest absolute Gasteiger partial charge is 0.133 e. The van der Waals surface area contributed by atoms with Crippen molar-refractivity contribution in [1.82, 2.24) is 4.98 Å². The van der Waals surface area contributed by atoms with Crippen LogP contribution in [-0.2, 0) is 4.79 Å². The number of nitrogens with zero attached hydrogens (tertiary/aromatic N) is 1. The molecular weight excluding hydrogens is 174 g/mol. The van der Waals surface area contributed by atoms with Gasteiger partial charge in [0.15, 0.2) is 0 Å². The van der Waals surface area contributed by atoms with E-state index in [2.05, 4.69) is 11.1 Å². The number of carbonyl (C=O) groups is 1. The monoisotopic (exact) mass is 187 g/mol. The number of Topliss-reactive ketones (excluding diaryl/α,β-unsaturated/α-hetero) is 1. The fraction of sp³-hybridized carbons (Fsp3) is 0.333. The maximum absolute atomic E-state index is 11.0. The summed E-state index contributed by atoms with van der Waals surface area (Å²) in [4.78, 5) is 15.1. The first-order valence-corrected chi connectivity index (χ1v) is 4.96. The minimum absolute atomic E-state index is 0.397. The Morgan fingerprint density at radius 3 is 2.64 bits per heavy atom.